The number of aromatic nitrogens is 6. The number of rotatable bonds is 7. The first-order valence-corrected chi connectivity index (χ1v) is 18.0. The van der Waals surface area contributed by atoms with E-state index in [1.807, 2.05) is 127 Å². The first-order valence-electron chi connectivity index (χ1n) is 18.0. The third-order valence-electron chi connectivity index (χ3n) is 9.66. The maximum atomic E-state index is 6.78. The summed E-state index contributed by atoms with van der Waals surface area (Å²) >= 11 is 0. The summed E-state index contributed by atoms with van der Waals surface area (Å²) in [5.74, 6) is 2.53. The van der Waals surface area contributed by atoms with Crippen LogP contribution in [-0.4, -0.2) is 29.9 Å². The van der Waals surface area contributed by atoms with Gasteiger partial charge in [-0.3, -0.25) is 9.97 Å². The molecular weight excluding hydrogens is 677 g/mol. The summed E-state index contributed by atoms with van der Waals surface area (Å²) in [5, 5.41) is 1.82. The lowest BCUT2D eigenvalue weighted by atomic mass is 9.96. The molecule has 0 spiro atoms. The predicted octanol–water partition coefficient (Wildman–Crippen LogP) is 11.6. The zero-order valence-electron chi connectivity index (χ0n) is 29.4. The van der Waals surface area contributed by atoms with Gasteiger partial charge in [-0.05, 0) is 53.6 Å². The summed E-state index contributed by atoms with van der Waals surface area (Å²) in [6, 6.07) is 56.7. The standard InChI is InChI=1S/C48H30N6O/c1-3-14-33(15-4-1)46-52-47(34-16-5-2-6-17-34)54-48(53-46)36-19-13-18-35(30-36)31-24-26-32(27-25-31)43-42-41(39-22-9-11-28-49-39)45(40-23-10-12-29-50-40)55-44(42)37-20-7-8-21-38(37)51-43/h1-30H. The topological polar surface area (TPSA) is 90.5 Å². The largest absolute Gasteiger partial charge is 0.453 e. The van der Waals surface area contributed by atoms with E-state index in [0.717, 1.165) is 77.9 Å². The monoisotopic (exact) mass is 706 g/mol. The molecule has 0 saturated heterocycles. The molecule has 10 aromatic rings. The van der Waals surface area contributed by atoms with Crippen molar-refractivity contribution >= 4 is 21.9 Å². The molecule has 258 valence electrons. The van der Waals surface area contributed by atoms with Gasteiger partial charge in [0.05, 0.1) is 27.9 Å². The van der Waals surface area contributed by atoms with Gasteiger partial charge in [-0.2, -0.15) is 0 Å². The van der Waals surface area contributed by atoms with Gasteiger partial charge in [0.15, 0.2) is 23.2 Å². The number of hydrogen-bond donors (Lipinski definition) is 0. The highest BCUT2D eigenvalue weighted by Crippen LogP contribution is 2.45. The molecule has 0 radical (unpaired) electrons. The SMILES string of the molecule is c1ccc(-c2nc(-c3ccccc3)nc(-c3cccc(-c4ccc(-c5nc6ccccc6c6oc(-c7ccccn7)c(-c7ccccn7)c56)cc4)c3)n2)cc1. The summed E-state index contributed by atoms with van der Waals surface area (Å²) in [4.78, 5) is 29.5. The molecule has 0 fully saturated rings. The van der Waals surface area contributed by atoms with Crippen LogP contribution in [0.2, 0.25) is 0 Å². The normalized spacial score (nSPS) is 11.3. The van der Waals surface area contributed by atoms with Gasteiger partial charge in [0, 0.05) is 40.0 Å². The molecular formula is C48H30N6O. The quantitative estimate of drug-likeness (QED) is 0.163. The third-order valence-corrected chi connectivity index (χ3v) is 9.66. The molecule has 10 rings (SSSR count). The van der Waals surface area contributed by atoms with Gasteiger partial charge in [0.1, 0.15) is 11.3 Å². The highest BCUT2D eigenvalue weighted by atomic mass is 16.3. The van der Waals surface area contributed by atoms with Crippen LogP contribution in [0.15, 0.2) is 187 Å². The number of nitrogens with zero attached hydrogens (tertiary/aromatic N) is 6. The van der Waals surface area contributed by atoms with Crippen LogP contribution in [0, 0.1) is 0 Å². The molecule has 5 heterocycles. The highest BCUT2D eigenvalue weighted by Gasteiger charge is 2.25. The fourth-order valence-corrected chi connectivity index (χ4v) is 7.02. The minimum absolute atomic E-state index is 0.611. The highest BCUT2D eigenvalue weighted by molar-refractivity contribution is 6.16. The van der Waals surface area contributed by atoms with Gasteiger partial charge in [-0.25, -0.2) is 19.9 Å². The van der Waals surface area contributed by atoms with E-state index < -0.39 is 0 Å². The Kier molecular flexibility index (Phi) is 8.00. The minimum atomic E-state index is 0.611. The lowest BCUT2D eigenvalue weighted by Gasteiger charge is -2.11. The van der Waals surface area contributed by atoms with Crippen LogP contribution in [0.5, 0.6) is 0 Å². The summed E-state index contributed by atoms with van der Waals surface area (Å²) < 4.78 is 6.78. The van der Waals surface area contributed by atoms with Crippen molar-refractivity contribution in [2.24, 2.45) is 0 Å². The van der Waals surface area contributed by atoms with Crippen LogP contribution in [0.1, 0.15) is 0 Å². The number of hydrogen-bond acceptors (Lipinski definition) is 7. The van der Waals surface area contributed by atoms with Crippen molar-refractivity contribution in [1.29, 1.82) is 0 Å². The first-order chi connectivity index (χ1) is 27.3. The second kappa shape index (κ2) is 13.7. The van der Waals surface area contributed by atoms with Crippen molar-refractivity contribution in [2.75, 3.05) is 0 Å². The van der Waals surface area contributed by atoms with Crippen molar-refractivity contribution in [3.63, 3.8) is 0 Å². The summed E-state index contributed by atoms with van der Waals surface area (Å²) in [6.07, 6.45) is 3.58. The smallest absolute Gasteiger partial charge is 0.164 e. The molecule has 0 bridgehead atoms. The Labute approximate surface area is 316 Å². The van der Waals surface area contributed by atoms with E-state index in [1.54, 1.807) is 12.4 Å². The fourth-order valence-electron chi connectivity index (χ4n) is 7.02. The van der Waals surface area contributed by atoms with Gasteiger partial charge in [0.25, 0.3) is 0 Å². The Morgan fingerprint density at radius 3 is 1.58 bits per heavy atom. The van der Waals surface area contributed by atoms with Gasteiger partial charge in [-0.1, -0.05) is 127 Å². The predicted molar refractivity (Wildman–Crippen MR) is 219 cm³/mol. The van der Waals surface area contributed by atoms with Crippen LogP contribution in [0.25, 0.3) is 101 Å². The van der Waals surface area contributed by atoms with Crippen molar-refractivity contribution in [1.82, 2.24) is 29.9 Å². The molecule has 0 amide bonds. The Balaban J connectivity index is 1.09. The van der Waals surface area contributed by atoms with E-state index in [0.29, 0.717) is 23.2 Å². The van der Waals surface area contributed by atoms with Crippen molar-refractivity contribution in [3.8, 4) is 79.3 Å². The lowest BCUT2D eigenvalue weighted by molar-refractivity contribution is 0.632. The second-order valence-corrected chi connectivity index (χ2v) is 13.1. The number of furan rings is 1. The van der Waals surface area contributed by atoms with E-state index in [1.165, 1.54) is 0 Å². The lowest BCUT2D eigenvalue weighted by Crippen LogP contribution is -2.00. The van der Waals surface area contributed by atoms with Crippen molar-refractivity contribution < 1.29 is 4.42 Å². The molecule has 7 heteroatoms. The van der Waals surface area contributed by atoms with Crippen LogP contribution in [-0.2, 0) is 0 Å². The molecule has 55 heavy (non-hydrogen) atoms. The Morgan fingerprint density at radius 1 is 0.382 bits per heavy atom. The Morgan fingerprint density at radius 2 is 0.927 bits per heavy atom. The molecule has 0 aliphatic carbocycles. The molecule has 0 aliphatic rings. The molecule has 0 saturated carbocycles. The number of fused-ring (bicyclic) bond motifs is 3. The Hall–Kier alpha value is -7.64. The number of benzene rings is 5. The van der Waals surface area contributed by atoms with E-state index >= 15 is 0 Å². The molecule has 0 unspecified atom stereocenters. The minimum Gasteiger partial charge on any atom is -0.453 e. The Bertz CT molecular complexity index is 2890. The number of para-hydroxylation sites is 1. The zero-order chi connectivity index (χ0) is 36.6. The average molecular weight is 707 g/mol. The molecule has 7 nitrogen and oxygen atoms in total. The maximum absolute atomic E-state index is 6.78. The van der Waals surface area contributed by atoms with E-state index in [9.17, 15) is 0 Å². The number of pyridine rings is 3. The maximum Gasteiger partial charge on any atom is 0.164 e. The third kappa shape index (κ3) is 5.99. The first kappa shape index (κ1) is 32.0. The van der Waals surface area contributed by atoms with E-state index in [2.05, 4.69) is 47.4 Å². The molecule has 0 atom stereocenters. The van der Waals surface area contributed by atoms with Crippen LogP contribution >= 0.6 is 0 Å². The molecule has 0 aliphatic heterocycles. The van der Waals surface area contributed by atoms with Gasteiger partial charge < -0.3 is 4.42 Å². The van der Waals surface area contributed by atoms with Crippen LogP contribution in [0.4, 0.5) is 0 Å². The second-order valence-electron chi connectivity index (χ2n) is 13.1. The van der Waals surface area contributed by atoms with Gasteiger partial charge >= 0.3 is 0 Å². The summed E-state index contributed by atoms with van der Waals surface area (Å²) in [7, 11) is 0. The van der Waals surface area contributed by atoms with E-state index in [4.69, 9.17) is 29.3 Å². The van der Waals surface area contributed by atoms with Gasteiger partial charge in [0.2, 0.25) is 0 Å². The molecule has 0 N–H and O–H groups in total. The average Bonchev–Trinajstić information content (AvgIpc) is 3.69. The van der Waals surface area contributed by atoms with Crippen molar-refractivity contribution in [3.05, 3.63) is 182 Å². The summed E-state index contributed by atoms with van der Waals surface area (Å²) in [6.45, 7) is 0. The molecule has 5 aromatic carbocycles. The summed E-state index contributed by atoms with van der Waals surface area (Å²) in [5.41, 5.74) is 10.6. The van der Waals surface area contributed by atoms with Gasteiger partial charge in [-0.15, -0.1) is 0 Å². The zero-order valence-corrected chi connectivity index (χ0v) is 29.4. The fraction of sp³-hybridized carbons (Fsp3) is 0. The molecule has 5 aromatic heterocycles. The van der Waals surface area contributed by atoms with Crippen molar-refractivity contribution in [2.45, 2.75) is 0 Å². The van der Waals surface area contributed by atoms with Crippen LogP contribution in [0.3, 0.4) is 0 Å². The van der Waals surface area contributed by atoms with Crippen LogP contribution < -0.4 is 0 Å². The van der Waals surface area contributed by atoms with E-state index in [-0.39, 0.29) is 0 Å².